The standard InChI is InChI=1S/C33H49N/c1-25(27-15-14-26-12-10-8-7-9-11-13-28(26)22-27)18-20-33(5,6)34-21-19-29-23-31(32(2,3)4)17-16-30(29)24-34/h14-17,22-23,25H,7-13,18-21,24H2,1-6H3. The molecule has 0 radical (unpaired) electrons. The van der Waals surface area contributed by atoms with Crippen LogP contribution in [-0.2, 0) is 31.2 Å². The molecule has 1 unspecified atom stereocenters. The van der Waals surface area contributed by atoms with Gasteiger partial charge in [-0.1, -0.05) is 83.4 Å². The molecule has 1 nitrogen and oxygen atoms in total. The molecule has 2 aliphatic rings. The van der Waals surface area contributed by atoms with Gasteiger partial charge in [0, 0.05) is 18.6 Å². The smallest absolute Gasteiger partial charge is 0.0241 e. The Morgan fingerprint density at radius 3 is 2.12 bits per heavy atom. The average molecular weight is 460 g/mol. The predicted octanol–water partition coefficient (Wildman–Crippen LogP) is 8.75. The Balaban J connectivity index is 1.38. The van der Waals surface area contributed by atoms with E-state index in [4.69, 9.17) is 0 Å². The van der Waals surface area contributed by atoms with E-state index in [0.717, 1.165) is 6.54 Å². The van der Waals surface area contributed by atoms with Crippen LogP contribution in [0.5, 0.6) is 0 Å². The Kier molecular flexibility index (Phi) is 7.92. The van der Waals surface area contributed by atoms with E-state index in [9.17, 15) is 0 Å². The Morgan fingerprint density at radius 1 is 0.735 bits per heavy atom. The number of rotatable bonds is 5. The van der Waals surface area contributed by atoms with Crippen molar-refractivity contribution in [1.29, 1.82) is 0 Å². The van der Waals surface area contributed by atoms with Gasteiger partial charge in [-0.05, 0) is 104 Å². The molecule has 1 aliphatic carbocycles. The van der Waals surface area contributed by atoms with Crippen molar-refractivity contribution >= 4 is 0 Å². The summed E-state index contributed by atoms with van der Waals surface area (Å²) in [7, 11) is 0. The van der Waals surface area contributed by atoms with Crippen molar-refractivity contribution in [2.45, 2.75) is 129 Å². The van der Waals surface area contributed by atoms with Crippen LogP contribution >= 0.6 is 0 Å². The zero-order valence-corrected chi connectivity index (χ0v) is 23.0. The number of aryl methyl sites for hydroxylation is 2. The highest BCUT2D eigenvalue weighted by atomic mass is 15.2. The minimum absolute atomic E-state index is 0.232. The zero-order chi connectivity index (χ0) is 24.3. The molecule has 0 bridgehead atoms. The van der Waals surface area contributed by atoms with Gasteiger partial charge < -0.3 is 0 Å². The molecule has 0 fully saturated rings. The number of hydrogen-bond acceptors (Lipinski definition) is 1. The lowest BCUT2D eigenvalue weighted by Gasteiger charge is -2.42. The summed E-state index contributed by atoms with van der Waals surface area (Å²) < 4.78 is 0. The third-order valence-corrected chi connectivity index (χ3v) is 8.82. The topological polar surface area (TPSA) is 3.24 Å². The Bertz CT molecular complexity index is 961. The van der Waals surface area contributed by atoms with E-state index in [0.29, 0.717) is 5.92 Å². The molecule has 4 rings (SSSR count). The summed E-state index contributed by atoms with van der Waals surface area (Å²) in [5.74, 6) is 0.628. The first-order valence-electron chi connectivity index (χ1n) is 14.1. The number of hydrogen-bond donors (Lipinski definition) is 0. The summed E-state index contributed by atoms with van der Waals surface area (Å²) >= 11 is 0. The third-order valence-electron chi connectivity index (χ3n) is 8.82. The Morgan fingerprint density at radius 2 is 1.38 bits per heavy atom. The summed E-state index contributed by atoms with van der Waals surface area (Å²) in [5, 5.41) is 0. The number of nitrogens with zero attached hydrogens (tertiary/aromatic N) is 1. The molecule has 1 aliphatic heterocycles. The van der Waals surface area contributed by atoms with Gasteiger partial charge >= 0.3 is 0 Å². The Hall–Kier alpha value is -1.60. The number of benzene rings is 2. The second-order valence-electron chi connectivity index (χ2n) is 13.0. The summed E-state index contributed by atoms with van der Waals surface area (Å²) in [6, 6.07) is 14.7. The van der Waals surface area contributed by atoms with Gasteiger partial charge in [-0.3, -0.25) is 4.90 Å². The highest BCUT2D eigenvalue weighted by Crippen LogP contribution is 2.34. The fraction of sp³-hybridized carbons (Fsp3) is 0.636. The van der Waals surface area contributed by atoms with E-state index in [1.807, 2.05) is 0 Å². The first kappa shape index (κ1) is 25.5. The summed E-state index contributed by atoms with van der Waals surface area (Å²) in [6.07, 6.45) is 13.2. The first-order chi connectivity index (χ1) is 16.1. The predicted molar refractivity (Wildman–Crippen MR) is 148 cm³/mol. The molecule has 0 aromatic heterocycles. The third kappa shape index (κ3) is 6.14. The maximum atomic E-state index is 2.74. The molecule has 0 N–H and O–H groups in total. The van der Waals surface area contributed by atoms with Crippen molar-refractivity contribution in [2.75, 3.05) is 6.54 Å². The molecular weight excluding hydrogens is 410 g/mol. The fourth-order valence-electron chi connectivity index (χ4n) is 6.02. The Labute approximate surface area is 210 Å². The van der Waals surface area contributed by atoms with Crippen molar-refractivity contribution in [1.82, 2.24) is 4.90 Å². The van der Waals surface area contributed by atoms with Gasteiger partial charge in [0.25, 0.3) is 0 Å². The van der Waals surface area contributed by atoms with Crippen molar-refractivity contribution in [2.24, 2.45) is 0 Å². The van der Waals surface area contributed by atoms with Crippen molar-refractivity contribution in [3.05, 3.63) is 69.8 Å². The van der Waals surface area contributed by atoms with Crippen LogP contribution < -0.4 is 0 Å². The summed E-state index contributed by atoms with van der Waals surface area (Å²) in [5.41, 5.74) is 9.88. The van der Waals surface area contributed by atoms with Gasteiger partial charge in [-0.25, -0.2) is 0 Å². The SMILES string of the molecule is CC(CCC(C)(C)N1CCc2cc(C(C)(C)C)ccc2C1)c1ccc2c(c1)CCCCCCC2. The second-order valence-corrected chi connectivity index (χ2v) is 13.0. The second kappa shape index (κ2) is 10.6. The molecule has 0 saturated carbocycles. The van der Waals surface area contributed by atoms with E-state index in [1.165, 1.54) is 81.9 Å². The van der Waals surface area contributed by atoms with Crippen molar-refractivity contribution in [3.8, 4) is 0 Å². The normalized spacial score (nSPS) is 18.9. The van der Waals surface area contributed by atoms with Crippen LogP contribution in [0.25, 0.3) is 0 Å². The fourth-order valence-corrected chi connectivity index (χ4v) is 6.02. The lowest BCUT2D eigenvalue weighted by atomic mass is 9.82. The van der Waals surface area contributed by atoms with Gasteiger partial charge in [0.2, 0.25) is 0 Å². The van der Waals surface area contributed by atoms with E-state index in [-0.39, 0.29) is 11.0 Å². The molecule has 0 amide bonds. The molecule has 0 spiro atoms. The highest BCUT2D eigenvalue weighted by molar-refractivity contribution is 5.37. The number of fused-ring (bicyclic) bond motifs is 2. The molecule has 1 heterocycles. The molecule has 1 atom stereocenters. The van der Waals surface area contributed by atoms with E-state index < -0.39 is 0 Å². The average Bonchev–Trinajstić information content (AvgIpc) is 2.92. The van der Waals surface area contributed by atoms with E-state index in [1.54, 1.807) is 22.3 Å². The lowest BCUT2D eigenvalue weighted by molar-refractivity contribution is 0.0923. The molecular formula is C33H49N. The monoisotopic (exact) mass is 459 g/mol. The minimum Gasteiger partial charge on any atom is -0.294 e. The van der Waals surface area contributed by atoms with E-state index >= 15 is 0 Å². The van der Waals surface area contributed by atoms with Crippen molar-refractivity contribution in [3.63, 3.8) is 0 Å². The molecule has 186 valence electrons. The maximum absolute atomic E-state index is 2.74. The van der Waals surface area contributed by atoms with Crippen molar-refractivity contribution < 1.29 is 0 Å². The lowest BCUT2D eigenvalue weighted by Crippen LogP contribution is -2.46. The van der Waals surface area contributed by atoms with Gasteiger partial charge in [-0.15, -0.1) is 0 Å². The van der Waals surface area contributed by atoms with Crippen LogP contribution in [0, 0.1) is 0 Å². The van der Waals surface area contributed by atoms with Crippen LogP contribution in [0.4, 0.5) is 0 Å². The van der Waals surface area contributed by atoms with Gasteiger partial charge in [0.1, 0.15) is 0 Å². The molecule has 0 saturated heterocycles. The summed E-state index contributed by atoms with van der Waals surface area (Å²) in [4.78, 5) is 2.74. The summed E-state index contributed by atoms with van der Waals surface area (Å²) in [6.45, 7) is 16.6. The van der Waals surface area contributed by atoms with Crippen LogP contribution in [-0.4, -0.2) is 17.0 Å². The molecule has 1 heteroatoms. The van der Waals surface area contributed by atoms with Crippen LogP contribution in [0.15, 0.2) is 36.4 Å². The minimum atomic E-state index is 0.232. The van der Waals surface area contributed by atoms with Crippen LogP contribution in [0.3, 0.4) is 0 Å². The van der Waals surface area contributed by atoms with Gasteiger partial charge in [-0.2, -0.15) is 0 Å². The van der Waals surface area contributed by atoms with Gasteiger partial charge in [0.15, 0.2) is 0 Å². The van der Waals surface area contributed by atoms with Gasteiger partial charge in [0.05, 0.1) is 0 Å². The van der Waals surface area contributed by atoms with Crippen LogP contribution in [0.1, 0.15) is 126 Å². The molecule has 2 aromatic carbocycles. The highest BCUT2D eigenvalue weighted by Gasteiger charge is 2.30. The largest absolute Gasteiger partial charge is 0.294 e. The zero-order valence-electron chi connectivity index (χ0n) is 23.0. The quantitative estimate of drug-likeness (QED) is 0.432. The van der Waals surface area contributed by atoms with Crippen LogP contribution in [0.2, 0.25) is 0 Å². The maximum Gasteiger partial charge on any atom is 0.0241 e. The molecule has 2 aromatic rings. The first-order valence-corrected chi connectivity index (χ1v) is 14.1. The molecule has 34 heavy (non-hydrogen) atoms. The van der Waals surface area contributed by atoms with E-state index in [2.05, 4.69) is 82.8 Å².